The van der Waals surface area contributed by atoms with E-state index in [9.17, 15) is 5.11 Å². The van der Waals surface area contributed by atoms with Crippen molar-refractivity contribution >= 4 is 0 Å². The first-order valence-corrected chi connectivity index (χ1v) is 2.83. The molecule has 0 unspecified atom stereocenters. The Bertz CT molecular complexity index is 46.5. The molecule has 0 aromatic carbocycles. The van der Waals surface area contributed by atoms with E-state index in [0.717, 1.165) is 12.8 Å². The summed E-state index contributed by atoms with van der Waals surface area (Å²) in [6, 6.07) is 0. The molecule has 0 aliphatic carbocycles. The number of rotatable bonds is 2. The van der Waals surface area contributed by atoms with Crippen molar-refractivity contribution in [2.24, 2.45) is 0 Å². The van der Waals surface area contributed by atoms with Crippen LogP contribution in [0.2, 0.25) is 0 Å². The van der Waals surface area contributed by atoms with Crippen molar-refractivity contribution in [1.29, 1.82) is 0 Å². The Hall–Kier alpha value is 0.557. The van der Waals surface area contributed by atoms with Gasteiger partial charge in [0, 0.05) is 0 Å². The van der Waals surface area contributed by atoms with Crippen LogP contribution >= 0.6 is 0 Å². The van der Waals surface area contributed by atoms with Gasteiger partial charge in [0.05, 0.1) is 0 Å². The number of hydrogen-bond acceptors (Lipinski definition) is 1. The molecular weight excluding hydrogens is 95.0 g/mol. The van der Waals surface area contributed by atoms with E-state index in [1.54, 1.807) is 6.92 Å². The molecule has 2 heteroatoms. The van der Waals surface area contributed by atoms with Crippen molar-refractivity contribution in [1.82, 2.24) is 0 Å². The average molecular weight is 108 g/mol. The predicted octanol–water partition coefficient (Wildman–Crippen LogP) is -2.07. The zero-order valence-electron chi connectivity index (χ0n) is 6.32. The molecule has 0 heterocycles. The maximum Gasteiger partial charge on any atom is 1.00 e. The third-order valence-electron chi connectivity index (χ3n) is 1.50. The number of hydrogen-bond donors (Lipinski definition) is 0. The largest absolute Gasteiger partial charge is 1.00 e. The second-order valence-electron chi connectivity index (χ2n) is 2.16. The Morgan fingerprint density at radius 2 is 1.50 bits per heavy atom. The average Bonchev–Trinajstić information content (AvgIpc) is 1.68. The van der Waals surface area contributed by atoms with E-state index in [2.05, 4.69) is 0 Å². The SMILES string of the molecule is CCC(C)([O-])CC.[Li+]. The van der Waals surface area contributed by atoms with Gasteiger partial charge >= 0.3 is 18.9 Å². The van der Waals surface area contributed by atoms with E-state index in [-0.39, 0.29) is 18.9 Å². The molecule has 0 aromatic rings. The van der Waals surface area contributed by atoms with E-state index < -0.39 is 5.60 Å². The molecule has 0 spiro atoms. The molecule has 0 radical (unpaired) electrons. The fourth-order valence-corrected chi connectivity index (χ4v) is 0.250. The van der Waals surface area contributed by atoms with Crippen LogP contribution in [0.1, 0.15) is 33.6 Å². The summed E-state index contributed by atoms with van der Waals surface area (Å²) in [5.74, 6) is 0. The summed E-state index contributed by atoms with van der Waals surface area (Å²) in [5, 5.41) is 10.8. The molecule has 0 N–H and O–H groups in total. The zero-order valence-corrected chi connectivity index (χ0v) is 6.32. The van der Waals surface area contributed by atoms with Gasteiger partial charge in [-0.15, -0.1) is 5.60 Å². The standard InChI is InChI=1S/C6H13O.Li/c1-4-6(3,7)5-2;/h4-5H2,1-3H3;/q-1;+1. The maximum absolute atomic E-state index is 10.8. The molecule has 0 rings (SSSR count). The first-order valence-electron chi connectivity index (χ1n) is 2.83. The molecule has 0 aliphatic heterocycles. The minimum atomic E-state index is -0.667. The molecule has 0 aliphatic rings. The Morgan fingerprint density at radius 3 is 1.50 bits per heavy atom. The molecule has 0 bridgehead atoms. The van der Waals surface area contributed by atoms with Crippen LogP contribution in [0.3, 0.4) is 0 Å². The fourth-order valence-electron chi connectivity index (χ4n) is 0.250. The van der Waals surface area contributed by atoms with Crippen LogP contribution in [0, 0.1) is 0 Å². The van der Waals surface area contributed by atoms with Gasteiger partial charge in [0.15, 0.2) is 0 Å². The molecule has 8 heavy (non-hydrogen) atoms. The Kier molecular flexibility index (Phi) is 6.31. The Morgan fingerprint density at radius 1 is 1.25 bits per heavy atom. The minimum absolute atomic E-state index is 0. The van der Waals surface area contributed by atoms with E-state index in [1.165, 1.54) is 0 Å². The molecular formula is C6H13LiO. The van der Waals surface area contributed by atoms with Crippen molar-refractivity contribution in [3.05, 3.63) is 0 Å². The Balaban J connectivity index is 0. The van der Waals surface area contributed by atoms with Crippen molar-refractivity contribution in [3.8, 4) is 0 Å². The van der Waals surface area contributed by atoms with E-state index in [4.69, 9.17) is 0 Å². The van der Waals surface area contributed by atoms with Gasteiger partial charge in [-0.05, 0) is 0 Å². The second-order valence-corrected chi connectivity index (χ2v) is 2.16. The summed E-state index contributed by atoms with van der Waals surface area (Å²) in [6.07, 6.45) is 1.48. The van der Waals surface area contributed by atoms with E-state index in [1.807, 2.05) is 13.8 Å². The summed E-state index contributed by atoms with van der Waals surface area (Å²) in [6.45, 7) is 5.60. The molecule has 0 saturated heterocycles. The molecule has 0 aromatic heterocycles. The van der Waals surface area contributed by atoms with Crippen LogP contribution in [-0.4, -0.2) is 5.60 Å². The normalized spacial score (nSPS) is 10.5. The van der Waals surface area contributed by atoms with Crippen molar-refractivity contribution in [3.63, 3.8) is 0 Å². The van der Waals surface area contributed by atoms with Gasteiger partial charge in [-0.2, -0.15) is 0 Å². The summed E-state index contributed by atoms with van der Waals surface area (Å²) < 4.78 is 0. The monoisotopic (exact) mass is 108 g/mol. The van der Waals surface area contributed by atoms with Crippen LogP contribution in [0.25, 0.3) is 0 Å². The van der Waals surface area contributed by atoms with E-state index >= 15 is 0 Å². The molecule has 0 atom stereocenters. The minimum Gasteiger partial charge on any atom is -0.850 e. The molecule has 0 saturated carbocycles. The van der Waals surface area contributed by atoms with Gasteiger partial charge in [0.2, 0.25) is 0 Å². The second kappa shape index (κ2) is 4.44. The molecule has 0 amide bonds. The van der Waals surface area contributed by atoms with Gasteiger partial charge in [0.1, 0.15) is 0 Å². The summed E-state index contributed by atoms with van der Waals surface area (Å²) in [7, 11) is 0. The maximum atomic E-state index is 10.8. The van der Waals surface area contributed by atoms with Gasteiger partial charge in [-0.25, -0.2) is 0 Å². The zero-order chi connectivity index (χ0) is 5.91. The molecule has 44 valence electrons. The van der Waals surface area contributed by atoms with Gasteiger partial charge < -0.3 is 5.11 Å². The van der Waals surface area contributed by atoms with E-state index in [0.29, 0.717) is 0 Å². The van der Waals surface area contributed by atoms with Crippen LogP contribution in [0.15, 0.2) is 0 Å². The summed E-state index contributed by atoms with van der Waals surface area (Å²) in [5.41, 5.74) is -0.667. The quantitative estimate of drug-likeness (QED) is 0.373. The smallest absolute Gasteiger partial charge is 0.850 e. The van der Waals surface area contributed by atoms with Gasteiger partial charge in [-0.1, -0.05) is 33.6 Å². The van der Waals surface area contributed by atoms with Crippen molar-refractivity contribution < 1.29 is 24.0 Å². The third kappa shape index (κ3) is 4.71. The van der Waals surface area contributed by atoms with Crippen molar-refractivity contribution in [2.75, 3.05) is 0 Å². The molecule has 0 fully saturated rings. The van der Waals surface area contributed by atoms with Crippen LogP contribution in [0.5, 0.6) is 0 Å². The van der Waals surface area contributed by atoms with Crippen LogP contribution in [0.4, 0.5) is 0 Å². The van der Waals surface area contributed by atoms with Crippen LogP contribution in [-0.2, 0) is 0 Å². The van der Waals surface area contributed by atoms with Gasteiger partial charge in [-0.3, -0.25) is 0 Å². The predicted molar refractivity (Wildman–Crippen MR) is 29.0 cm³/mol. The van der Waals surface area contributed by atoms with Crippen molar-refractivity contribution in [2.45, 2.75) is 39.2 Å². The topological polar surface area (TPSA) is 23.1 Å². The third-order valence-corrected chi connectivity index (χ3v) is 1.50. The summed E-state index contributed by atoms with van der Waals surface area (Å²) in [4.78, 5) is 0. The Labute approximate surface area is 63.7 Å². The fraction of sp³-hybridized carbons (Fsp3) is 1.00. The van der Waals surface area contributed by atoms with Crippen LogP contribution < -0.4 is 24.0 Å². The molecule has 1 nitrogen and oxygen atoms in total. The first-order chi connectivity index (χ1) is 3.12. The summed E-state index contributed by atoms with van der Waals surface area (Å²) >= 11 is 0. The first kappa shape index (κ1) is 11.4. The van der Waals surface area contributed by atoms with Gasteiger partial charge in [0.25, 0.3) is 0 Å².